The number of nitrogens with one attached hydrogen (secondary N) is 2. The molecule has 1 aromatic carbocycles. The van der Waals surface area contributed by atoms with Crippen molar-refractivity contribution in [3.63, 3.8) is 0 Å². The molecule has 0 saturated carbocycles. The van der Waals surface area contributed by atoms with Crippen LogP contribution in [0.2, 0.25) is 5.02 Å². The number of carbonyl (C=O) groups is 1. The van der Waals surface area contributed by atoms with Crippen LogP contribution in [0, 0.1) is 12.7 Å². The van der Waals surface area contributed by atoms with Crippen LogP contribution in [0.5, 0.6) is 6.01 Å². The molecule has 4 aliphatic rings. The fourth-order valence-corrected chi connectivity index (χ4v) is 7.80. The van der Waals surface area contributed by atoms with Gasteiger partial charge in [-0.25, -0.2) is 9.18 Å². The molecule has 1 atom stereocenters. The molecule has 3 aromatic rings. The maximum absolute atomic E-state index is 16.5. The normalized spacial score (nSPS) is 23.3. The Bertz CT molecular complexity index is 1570. The smallest absolute Gasteiger partial charge is 0.319 e. The van der Waals surface area contributed by atoms with Crippen LogP contribution in [-0.4, -0.2) is 76.3 Å². The maximum atomic E-state index is 16.5. The molecule has 42 heavy (non-hydrogen) atoms. The summed E-state index contributed by atoms with van der Waals surface area (Å²) in [6, 6.07) is 5.50. The Balaban J connectivity index is 1.30. The summed E-state index contributed by atoms with van der Waals surface area (Å²) in [6.07, 6.45) is 7.76. The third-order valence-electron chi connectivity index (χ3n) is 9.58. The fraction of sp³-hybridized carbons (Fsp3) is 0.484. The highest BCUT2D eigenvalue weighted by molar-refractivity contribution is 6.32. The number of halogens is 2. The number of amides is 2. The first-order valence-electron chi connectivity index (χ1n) is 14.8. The summed E-state index contributed by atoms with van der Waals surface area (Å²) in [6.45, 7) is 10.5. The van der Waals surface area contributed by atoms with Gasteiger partial charge in [0, 0.05) is 42.0 Å². The lowest BCUT2D eigenvalue weighted by atomic mass is 9.90. The predicted molar refractivity (Wildman–Crippen MR) is 161 cm³/mol. The molecule has 220 valence electrons. The van der Waals surface area contributed by atoms with Crippen LogP contribution in [0.25, 0.3) is 16.5 Å². The number of anilines is 1. The van der Waals surface area contributed by atoms with E-state index >= 15 is 4.39 Å². The van der Waals surface area contributed by atoms with Crippen molar-refractivity contribution in [3.8, 4) is 6.01 Å². The van der Waals surface area contributed by atoms with Crippen molar-refractivity contribution >= 4 is 39.9 Å². The minimum atomic E-state index is -0.589. The van der Waals surface area contributed by atoms with E-state index in [0.717, 1.165) is 57.2 Å². The van der Waals surface area contributed by atoms with Crippen molar-refractivity contribution in [1.82, 2.24) is 30.5 Å². The standard InChI is InChI=1S/C31H35ClFN7O2/c1-19-7-3-8-22(32)23(19)20(2)25-24(33)26-21(15-34-25)27(39-12-4-9-30(17-39)16-35-28(41)38-30)37-29(36-26)42-18-31-10-5-13-40(31)14-6-11-31/h3,7-8,15H,2,4-6,9-14,16-18H2,1H3,(H2,35,38,41). The van der Waals surface area contributed by atoms with Crippen LogP contribution in [0.15, 0.2) is 31.0 Å². The molecule has 7 rings (SSSR count). The SMILES string of the molecule is C=C(c1ncc2c(N3CCCC4(CNC(=O)N4)C3)nc(OCC34CCCN3CCC4)nc2c1F)c1c(C)cccc1Cl. The number of aromatic nitrogens is 3. The van der Waals surface area contributed by atoms with Crippen molar-refractivity contribution < 1.29 is 13.9 Å². The number of carbonyl (C=O) groups excluding carboxylic acids is 1. The van der Waals surface area contributed by atoms with Gasteiger partial charge in [-0.15, -0.1) is 0 Å². The highest BCUT2D eigenvalue weighted by Gasteiger charge is 2.45. The molecular weight excluding hydrogens is 557 g/mol. The molecular formula is C31H35ClFN7O2. The number of rotatable bonds is 6. The van der Waals surface area contributed by atoms with Crippen molar-refractivity contribution in [2.75, 3.05) is 44.2 Å². The molecule has 4 fully saturated rings. The first kappa shape index (κ1) is 27.3. The molecule has 1 unspecified atom stereocenters. The summed E-state index contributed by atoms with van der Waals surface area (Å²) in [5, 5.41) is 6.96. The van der Waals surface area contributed by atoms with Crippen LogP contribution in [0.3, 0.4) is 0 Å². The average Bonchev–Trinajstić information content (AvgIpc) is 3.66. The molecule has 2 N–H and O–H groups in total. The van der Waals surface area contributed by atoms with E-state index in [4.69, 9.17) is 21.3 Å². The van der Waals surface area contributed by atoms with E-state index in [2.05, 4.69) is 37.0 Å². The molecule has 9 nitrogen and oxygen atoms in total. The van der Waals surface area contributed by atoms with Crippen molar-refractivity contribution in [2.45, 2.75) is 56.5 Å². The van der Waals surface area contributed by atoms with Gasteiger partial charge in [0.05, 0.1) is 16.5 Å². The molecule has 0 bridgehead atoms. The lowest BCUT2D eigenvalue weighted by molar-refractivity contribution is 0.108. The van der Waals surface area contributed by atoms with Gasteiger partial charge < -0.3 is 20.3 Å². The van der Waals surface area contributed by atoms with E-state index in [1.807, 2.05) is 19.1 Å². The summed E-state index contributed by atoms with van der Waals surface area (Å²) >= 11 is 6.51. The van der Waals surface area contributed by atoms with Gasteiger partial charge in [0.1, 0.15) is 23.6 Å². The van der Waals surface area contributed by atoms with Crippen LogP contribution in [0.1, 0.15) is 55.3 Å². The van der Waals surface area contributed by atoms with Crippen LogP contribution >= 0.6 is 11.6 Å². The second-order valence-corrected chi connectivity index (χ2v) is 12.7. The minimum absolute atomic E-state index is 0.00865. The third kappa shape index (κ3) is 4.55. The number of hydrogen-bond donors (Lipinski definition) is 2. The average molecular weight is 592 g/mol. The molecule has 2 aromatic heterocycles. The number of piperidine rings is 1. The summed E-state index contributed by atoms with van der Waals surface area (Å²) in [5.74, 6) is -0.0330. The Labute approximate surface area is 249 Å². The Morgan fingerprint density at radius 2 is 1.95 bits per heavy atom. The van der Waals surface area contributed by atoms with Crippen LogP contribution < -0.4 is 20.3 Å². The van der Waals surface area contributed by atoms with Crippen LogP contribution in [0.4, 0.5) is 15.0 Å². The molecule has 2 amide bonds. The zero-order chi connectivity index (χ0) is 29.1. The summed E-state index contributed by atoms with van der Waals surface area (Å²) < 4.78 is 22.8. The van der Waals surface area contributed by atoms with E-state index in [0.29, 0.717) is 53.6 Å². The summed E-state index contributed by atoms with van der Waals surface area (Å²) in [5.41, 5.74) is 1.72. The summed E-state index contributed by atoms with van der Waals surface area (Å²) in [7, 11) is 0. The molecule has 4 saturated heterocycles. The van der Waals surface area contributed by atoms with Gasteiger partial charge in [0.15, 0.2) is 5.82 Å². The Hall–Kier alpha value is -3.50. The van der Waals surface area contributed by atoms with Gasteiger partial charge in [0.2, 0.25) is 0 Å². The lowest BCUT2D eigenvalue weighted by Crippen LogP contribution is -2.56. The zero-order valence-electron chi connectivity index (χ0n) is 23.8. The van der Waals surface area contributed by atoms with Crippen molar-refractivity contribution in [2.24, 2.45) is 0 Å². The van der Waals surface area contributed by atoms with E-state index in [1.54, 1.807) is 12.3 Å². The minimum Gasteiger partial charge on any atom is -0.461 e. The Morgan fingerprint density at radius 1 is 1.17 bits per heavy atom. The monoisotopic (exact) mass is 591 g/mol. The van der Waals surface area contributed by atoms with Crippen molar-refractivity contribution in [3.05, 3.63) is 58.6 Å². The topological polar surface area (TPSA) is 95.5 Å². The molecule has 11 heteroatoms. The predicted octanol–water partition coefficient (Wildman–Crippen LogP) is 4.85. The second-order valence-electron chi connectivity index (χ2n) is 12.2. The van der Waals surface area contributed by atoms with Gasteiger partial charge in [-0.2, -0.15) is 9.97 Å². The number of hydrogen-bond acceptors (Lipinski definition) is 7. The number of fused-ring (bicyclic) bond motifs is 2. The van der Waals surface area contributed by atoms with E-state index in [9.17, 15) is 4.79 Å². The summed E-state index contributed by atoms with van der Waals surface area (Å²) in [4.78, 5) is 30.7. The molecule has 0 radical (unpaired) electrons. The zero-order valence-corrected chi connectivity index (χ0v) is 24.6. The number of urea groups is 1. The van der Waals surface area contributed by atoms with Crippen LogP contribution in [-0.2, 0) is 0 Å². The van der Waals surface area contributed by atoms with E-state index < -0.39 is 11.4 Å². The Morgan fingerprint density at radius 3 is 2.69 bits per heavy atom. The number of pyridine rings is 1. The maximum Gasteiger partial charge on any atom is 0.319 e. The second kappa shape index (κ2) is 10.3. The van der Waals surface area contributed by atoms with Gasteiger partial charge in [0.25, 0.3) is 0 Å². The first-order chi connectivity index (χ1) is 20.3. The van der Waals surface area contributed by atoms with E-state index in [1.165, 1.54) is 0 Å². The van der Waals surface area contributed by atoms with E-state index in [-0.39, 0.29) is 28.8 Å². The van der Waals surface area contributed by atoms with Gasteiger partial charge >= 0.3 is 12.0 Å². The van der Waals surface area contributed by atoms with Gasteiger partial charge in [-0.1, -0.05) is 30.3 Å². The highest BCUT2D eigenvalue weighted by atomic mass is 35.5. The fourth-order valence-electron chi connectivity index (χ4n) is 7.47. The largest absolute Gasteiger partial charge is 0.461 e. The molecule has 6 heterocycles. The quantitative estimate of drug-likeness (QED) is 0.423. The first-order valence-corrected chi connectivity index (χ1v) is 15.2. The third-order valence-corrected chi connectivity index (χ3v) is 9.89. The Kier molecular flexibility index (Phi) is 6.73. The molecule has 4 aliphatic heterocycles. The molecule has 1 spiro atoms. The highest BCUT2D eigenvalue weighted by Crippen LogP contribution is 2.40. The number of benzene rings is 1. The number of aryl methyl sites for hydroxylation is 1. The van der Waals surface area contributed by atoms with Gasteiger partial charge in [-0.05, 0) is 70.2 Å². The number of nitrogens with zero attached hydrogens (tertiary/aromatic N) is 5. The van der Waals surface area contributed by atoms with Gasteiger partial charge in [-0.3, -0.25) is 9.88 Å². The van der Waals surface area contributed by atoms with Crippen molar-refractivity contribution in [1.29, 1.82) is 0 Å². The number of ether oxygens (including phenoxy) is 1. The lowest BCUT2D eigenvalue weighted by Gasteiger charge is -2.40. The molecule has 0 aliphatic carbocycles.